The van der Waals surface area contributed by atoms with Gasteiger partial charge in [0.25, 0.3) is 0 Å². The molecule has 0 aromatic carbocycles. The van der Waals surface area contributed by atoms with Crippen LogP contribution in [0.5, 0.6) is 0 Å². The third-order valence-corrected chi connectivity index (χ3v) is 5.64. The molecule has 1 saturated heterocycles. The van der Waals surface area contributed by atoms with E-state index in [9.17, 15) is 0 Å². The van der Waals surface area contributed by atoms with Crippen molar-refractivity contribution < 1.29 is 0 Å². The van der Waals surface area contributed by atoms with Crippen molar-refractivity contribution in [2.75, 3.05) is 31.1 Å². The lowest BCUT2D eigenvalue weighted by Gasteiger charge is -2.24. The van der Waals surface area contributed by atoms with Crippen LogP contribution in [0.25, 0.3) is 0 Å². The van der Waals surface area contributed by atoms with Crippen molar-refractivity contribution in [2.45, 2.75) is 25.7 Å². The summed E-state index contributed by atoms with van der Waals surface area (Å²) in [5.41, 5.74) is 6.94. The van der Waals surface area contributed by atoms with E-state index in [1.807, 2.05) is 18.3 Å². The summed E-state index contributed by atoms with van der Waals surface area (Å²) in [6.45, 7) is 3.32. The van der Waals surface area contributed by atoms with Gasteiger partial charge in [0.05, 0.1) is 23.0 Å². The Morgan fingerprint density at radius 2 is 2.03 bits per heavy atom. The molecular formula is C21H23N7S. The fourth-order valence-electron chi connectivity index (χ4n) is 3.77. The number of hydrazone groups is 1. The molecule has 0 atom stereocenters. The molecule has 2 aromatic heterocycles. The summed E-state index contributed by atoms with van der Waals surface area (Å²) >= 11 is 5.61. The summed E-state index contributed by atoms with van der Waals surface area (Å²) in [5.74, 6) is 0.843. The minimum absolute atomic E-state index is 0.630. The molecule has 1 aliphatic heterocycles. The lowest BCUT2D eigenvalue weighted by atomic mass is 9.95. The van der Waals surface area contributed by atoms with Gasteiger partial charge in [-0.2, -0.15) is 10.4 Å². The standard InChI is InChI=1S/C21H23N7S/c22-15-16-7-9-23-19(14-16)27-10-3-11-28(13-12-27)21(29)26-25-18-6-1-4-17-5-2-8-24-20(17)18/h2,5,7-9,14H,1,3-4,6,10-13H2,(H,26,29)/b25-18-. The highest BCUT2D eigenvalue weighted by molar-refractivity contribution is 7.80. The summed E-state index contributed by atoms with van der Waals surface area (Å²) in [4.78, 5) is 13.3. The van der Waals surface area contributed by atoms with Gasteiger partial charge in [0.1, 0.15) is 5.82 Å². The van der Waals surface area contributed by atoms with Crippen LogP contribution in [0.15, 0.2) is 41.8 Å². The molecule has 0 bridgehead atoms. The highest BCUT2D eigenvalue weighted by atomic mass is 32.1. The number of nitriles is 1. The van der Waals surface area contributed by atoms with Gasteiger partial charge in [-0.1, -0.05) is 6.07 Å². The summed E-state index contributed by atoms with van der Waals surface area (Å²) in [6.07, 6.45) is 7.51. The van der Waals surface area contributed by atoms with Crippen LogP contribution in [0.2, 0.25) is 0 Å². The third-order valence-electron chi connectivity index (χ3n) is 5.29. The van der Waals surface area contributed by atoms with Gasteiger partial charge in [0.2, 0.25) is 0 Å². The Bertz CT molecular complexity index is 965. The van der Waals surface area contributed by atoms with Crippen molar-refractivity contribution in [3.05, 3.63) is 53.5 Å². The first-order valence-electron chi connectivity index (χ1n) is 9.91. The van der Waals surface area contributed by atoms with E-state index in [4.69, 9.17) is 17.5 Å². The van der Waals surface area contributed by atoms with Crippen LogP contribution >= 0.6 is 12.2 Å². The Hall–Kier alpha value is -3.05. The summed E-state index contributed by atoms with van der Waals surface area (Å²) in [6, 6.07) is 9.84. The maximum absolute atomic E-state index is 9.11. The van der Waals surface area contributed by atoms with E-state index in [0.717, 1.165) is 69.1 Å². The van der Waals surface area contributed by atoms with Crippen molar-refractivity contribution in [3.8, 4) is 6.07 Å². The average Bonchev–Trinajstić information content (AvgIpc) is 3.04. The van der Waals surface area contributed by atoms with Gasteiger partial charge in [-0.3, -0.25) is 10.4 Å². The van der Waals surface area contributed by atoms with Crippen LogP contribution in [0, 0.1) is 11.3 Å². The van der Waals surface area contributed by atoms with Crippen LogP contribution in [-0.2, 0) is 6.42 Å². The molecule has 148 valence electrons. The predicted octanol–water partition coefficient (Wildman–Crippen LogP) is 2.48. The van der Waals surface area contributed by atoms with Gasteiger partial charge in [-0.05, 0) is 61.7 Å². The number of aryl methyl sites for hydroxylation is 1. The van der Waals surface area contributed by atoms with Gasteiger partial charge in [-0.25, -0.2) is 4.98 Å². The molecule has 0 unspecified atom stereocenters. The molecule has 3 heterocycles. The van der Waals surface area contributed by atoms with Crippen molar-refractivity contribution in [2.24, 2.45) is 5.10 Å². The SMILES string of the molecule is N#Cc1ccnc(N2CCCN(C(=S)N/N=C3/CCCc4cccnc43)CC2)c1. The molecule has 2 aliphatic rings. The van der Waals surface area contributed by atoms with Crippen LogP contribution in [0.3, 0.4) is 0 Å². The van der Waals surface area contributed by atoms with E-state index in [-0.39, 0.29) is 0 Å². The molecule has 2 aromatic rings. The third kappa shape index (κ3) is 4.51. The topological polar surface area (TPSA) is 80.4 Å². The first kappa shape index (κ1) is 19.3. The van der Waals surface area contributed by atoms with Gasteiger partial charge < -0.3 is 9.80 Å². The van der Waals surface area contributed by atoms with Gasteiger partial charge >= 0.3 is 0 Å². The Morgan fingerprint density at radius 3 is 2.93 bits per heavy atom. The van der Waals surface area contributed by atoms with E-state index in [1.54, 1.807) is 12.3 Å². The minimum Gasteiger partial charge on any atom is -0.355 e. The minimum atomic E-state index is 0.630. The number of nitrogens with zero attached hydrogens (tertiary/aromatic N) is 6. The molecule has 0 amide bonds. The summed E-state index contributed by atoms with van der Waals surface area (Å²) in [5, 5.41) is 14.3. The molecule has 29 heavy (non-hydrogen) atoms. The molecule has 1 fully saturated rings. The first-order valence-corrected chi connectivity index (χ1v) is 10.3. The fraction of sp³-hybridized carbons (Fsp3) is 0.381. The number of nitrogens with one attached hydrogen (secondary N) is 1. The van der Waals surface area contributed by atoms with E-state index in [1.165, 1.54) is 5.56 Å². The highest BCUT2D eigenvalue weighted by Crippen LogP contribution is 2.19. The number of pyridine rings is 2. The van der Waals surface area contributed by atoms with Gasteiger partial charge in [0, 0.05) is 38.6 Å². The number of aromatic nitrogens is 2. The maximum Gasteiger partial charge on any atom is 0.189 e. The lowest BCUT2D eigenvalue weighted by Crippen LogP contribution is -2.40. The first-order chi connectivity index (χ1) is 14.2. The number of hydrogen-bond donors (Lipinski definition) is 1. The quantitative estimate of drug-likeness (QED) is 0.607. The largest absolute Gasteiger partial charge is 0.355 e. The van der Waals surface area contributed by atoms with Crippen molar-refractivity contribution in [1.82, 2.24) is 20.3 Å². The van der Waals surface area contributed by atoms with Crippen LogP contribution in [-0.4, -0.2) is 51.9 Å². The number of fused-ring (bicyclic) bond motifs is 1. The summed E-state index contributed by atoms with van der Waals surface area (Å²) in [7, 11) is 0. The van der Waals surface area contributed by atoms with Gasteiger partial charge in [0.15, 0.2) is 5.11 Å². The normalized spacial score (nSPS) is 18.0. The Kier molecular flexibility index (Phi) is 5.96. The zero-order chi connectivity index (χ0) is 20.1. The second kappa shape index (κ2) is 8.97. The van der Waals surface area contributed by atoms with Crippen LogP contribution < -0.4 is 10.3 Å². The summed E-state index contributed by atoms with van der Waals surface area (Å²) < 4.78 is 0. The molecule has 0 saturated carbocycles. The van der Waals surface area contributed by atoms with E-state index >= 15 is 0 Å². The Morgan fingerprint density at radius 1 is 1.10 bits per heavy atom. The average molecular weight is 406 g/mol. The van der Waals surface area contributed by atoms with Crippen LogP contribution in [0.1, 0.15) is 36.1 Å². The number of hydrogen-bond acceptors (Lipinski definition) is 6. The fourth-order valence-corrected chi connectivity index (χ4v) is 4.00. The monoisotopic (exact) mass is 405 g/mol. The molecule has 8 heteroatoms. The van der Waals surface area contributed by atoms with Crippen molar-refractivity contribution >= 4 is 28.9 Å². The smallest absolute Gasteiger partial charge is 0.189 e. The van der Waals surface area contributed by atoms with E-state index in [2.05, 4.69) is 42.4 Å². The zero-order valence-corrected chi connectivity index (χ0v) is 17.0. The molecule has 4 rings (SSSR count). The molecule has 1 aliphatic carbocycles. The van der Waals surface area contributed by atoms with E-state index < -0.39 is 0 Å². The molecule has 7 nitrogen and oxygen atoms in total. The zero-order valence-electron chi connectivity index (χ0n) is 16.2. The second-order valence-electron chi connectivity index (χ2n) is 7.18. The molecular weight excluding hydrogens is 382 g/mol. The van der Waals surface area contributed by atoms with Gasteiger partial charge in [-0.15, -0.1) is 0 Å². The van der Waals surface area contributed by atoms with Crippen molar-refractivity contribution in [3.63, 3.8) is 0 Å². The highest BCUT2D eigenvalue weighted by Gasteiger charge is 2.20. The molecule has 0 spiro atoms. The Balaban J connectivity index is 1.39. The second-order valence-corrected chi connectivity index (χ2v) is 7.57. The molecule has 1 N–H and O–H groups in total. The Labute approximate surface area is 176 Å². The van der Waals surface area contributed by atoms with Crippen molar-refractivity contribution in [1.29, 1.82) is 5.26 Å². The van der Waals surface area contributed by atoms with Crippen LogP contribution in [0.4, 0.5) is 5.82 Å². The van der Waals surface area contributed by atoms with E-state index in [0.29, 0.717) is 10.7 Å². The number of anilines is 1. The maximum atomic E-state index is 9.11. The number of thiocarbonyl (C=S) groups is 1. The number of rotatable bonds is 2. The predicted molar refractivity (Wildman–Crippen MR) is 117 cm³/mol. The lowest BCUT2D eigenvalue weighted by molar-refractivity contribution is 0.441. The molecule has 0 radical (unpaired) electrons.